The predicted molar refractivity (Wildman–Crippen MR) is 69.2 cm³/mol. The number of halogens is 1. The van der Waals surface area contributed by atoms with Crippen LogP contribution in [0.15, 0.2) is 23.3 Å². The Kier molecular flexibility index (Phi) is 5.63. The molecule has 1 atom stereocenters. The zero-order chi connectivity index (χ0) is 14.3. The second kappa shape index (κ2) is 7.23. The van der Waals surface area contributed by atoms with Gasteiger partial charge in [0.25, 0.3) is 0 Å². The first-order valence-electron chi connectivity index (χ1n) is 5.78. The van der Waals surface area contributed by atoms with Crippen molar-refractivity contribution in [2.24, 2.45) is 5.11 Å². The summed E-state index contributed by atoms with van der Waals surface area (Å²) in [5, 5.41) is 6.14. The Bertz CT molecular complexity index is 480. The van der Waals surface area contributed by atoms with Gasteiger partial charge in [0.15, 0.2) is 0 Å². The third-order valence-corrected chi connectivity index (χ3v) is 2.28. The fourth-order valence-electron chi connectivity index (χ4n) is 1.56. The molecule has 0 aromatic heterocycles. The third-order valence-electron chi connectivity index (χ3n) is 2.28. The van der Waals surface area contributed by atoms with Crippen LogP contribution in [0.2, 0.25) is 0 Å². The lowest BCUT2D eigenvalue weighted by molar-refractivity contribution is -0.143. The number of carbonyl (C=O) groups is 1. The van der Waals surface area contributed by atoms with Crippen LogP contribution >= 0.6 is 0 Å². The number of nitrogens with zero attached hydrogens (tertiary/aromatic N) is 3. The van der Waals surface area contributed by atoms with Crippen LogP contribution in [-0.2, 0) is 9.53 Å². The van der Waals surface area contributed by atoms with E-state index in [0.717, 1.165) is 0 Å². The molecule has 102 valence electrons. The quantitative estimate of drug-likeness (QED) is 0.371. The van der Waals surface area contributed by atoms with Crippen LogP contribution < -0.4 is 5.32 Å². The van der Waals surface area contributed by atoms with Crippen molar-refractivity contribution in [2.75, 3.05) is 18.5 Å². The molecule has 1 rings (SSSR count). The number of nitrogens with one attached hydrogen (secondary N) is 1. The van der Waals surface area contributed by atoms with Gasteiger partial charge in [-0.25, -0.2) is 9.18 Å². The number of ether oxygens (including phenoxy) is 1. The maximum atomic E-state index is 13.2. The minimum Gasteiger partial charge on any atom is -0.464 e. The number of hydrogen-bond acceptors (Lipinski definition) is 4. The van der Waals surface area contributed by atoms with Crippen molar-refractivity contribution in [1.29, 1.82) is 0 Å². The molecule has 1 aromatic carbocycles. The van der Waals surface area contributed by atoms with Crippen LogP contribution in [0.25, 0.3) is 10.4 Å². The predicted octanol–water partition coefficient (Wildman–Crippen LogP) is 2.79. The molecule has 0 saturated heterocycles. The summed E-state index contributed by atoms with van der Waals surface area (Å²) in [5.74, 6) is -0.953. The fourth-order valence-corrected chi connectivity index (χ4v) is 1.56. The summed E-state index contributed by atoms with van der Waals surface area (Å²) in [4.78, 5) is 14.3. The number of anilines is 1. The Hall–Kier alpha value is -2.27. The molecule has 0 amide bonds. The number of benzene rings is 1. The van der Waals surface area contributed by atoms with E-state index in [2.05, 4.69) is 15.3 Å². The van der Waals surface area contributed by atoms with Gasteiger partial charge in [-0.3, -0.25) is 0 Å². The highest BCUT2D eigenvalue weighted by Gasteiger charge is 2.19. The van der Waals surface area contributed by atoms with E-state index >= 15 is 0 Å². The molecule has 0 aliphatic heterocycles. The molecule has 7 heteroatoms. The smallest absolute Gasteiger partial charge is 0.328 e. The standard InChI is InChI=1S/C12H15FN4O2/c1-3-19-12(18)11(7-15-17-14)16-10-5-8(2)4-9(13)6-10/h4-6,11,16H,3,7H2,1-2H3. The molecule has 0 radical (unpaired) electrons. The van der Waals surface area contributed by atoms with Crippen molar-refractivity contribution in [3.8, 4) is 0 Å². The second-order valence-corrected chi connectivity index (χ2v) is 3.88. The minimum atomic E-state index is -0.836. The zero-order valence-electron chi connectivity index (χ0n) is 10.8. The lowest BCUT2D eigenvalue weighted by Gasteiger charge is -2.16. The molecule has 0 aliphatic carbocycles. The summed E-state index contributed by atoms with van der Waals surface area (Å²) in [6, 6.07) is 3.48. The maximum Gasteiger partial charge on any atom is 0.328 e. The maximum absolute atomic E-state index is 13.2. The van der Waals surface area contributed by atoms with Crippen LogP contribution in [-0.4, -0.2) is 25.2 Å². The first-order chi connectivity index (χ1) is 9.06. The summed E-state index contributed by atoms with van der Waals surface area (Å²) >= 11 is 0. The summed E-state index contributed by atoms with van der Waals surface area (Å²) in [6.07, 6.45) is 0. The molecule has 0 heterocycles. The van der Waals surface area contributed by atoms with Gasteiger partial charge in [0, 0.05) is 10.6 Å². The molecule has 1 aromatic rings. The molecule has 1 unspecified atom stereocenters. The lowest BCUT2D eigenvalue weighted by atomic mass is 10.2. The van der Waals surface area contributed by atoms with E-state index in [0.29, 0.717) is 11.3 Å². The summed E-state index contributed by atoms with van der Waals surface area (Å²) in [5.41, 5.74) is 9.45. The number of aryl methyl sites for hydroxylation is 1. The molecular weight excluding hydrogens is 251 g/mol. The highest BCUT2D eigenvalue weighted by Crippen LogP contribution is 2.15. The molecule has 0 bridgehead atoms. The molecule has 1 N–H and O–H groups in total. The molecule has 0 saturated carbocycles. The Morgan fingerprint density at radius 2 is 2.32 bits per heavy atom. The van der Waals surface area contributed by atoms with Crippen molar-refractivity contribution >= 4 is 11.7 Å². The van der Waals surface area contributed by atoms with Gasteiger partial charge >= 0.3 is 5.97 Å². The monoisotopic (exact) mass is 266 g/mol. The van der Waals surface area contributed by atoms with Crippen LogP contribution in [0.4, 0.5) is 10.1 Å². The van der Waals surface area contributed by atoms with Crippen LogP contribution in [0.3, 0.4) is 0 Å². The topological polar surface area (TPSA) is 87.1 Å². The van der Waals surface area contributed by atoms with Gasteiger partial charge in [0.05, 0.1) is 13.2 Å². The molecule has 19 heavy (non-hydrogen) atoms. The number of carbonyl (C=O) groups excluding carboxylic acids is 1. The SMILES string of the molecule is CCOC(=O)C(CN=[N+]=[N-])Nc1cc(C)cc(F)c1. The van der Waals surface area contributed by atoms with Gasteiger partial charge in [0.1, 0.15) is 11.9 Å². The van der Waals surface area contributed by atoms with E-state index in [9.17, 15) is 9.18 Å². The van der Waals surface area contributed by atoms with E-state index in [4.69, 9.17) is 10.3 Å². The normalized spacial score (nSPS) is 11.3. The van der Waals surface area contributed by atoms with Gasteiger partial charge in [0.2, 0.25) is 0 Å². The summed E-state index contributed by atoms with van der Waals surface area (Å²) in [6.45, 7) is 3.52. The minimum absolute atomic E-state index is 0.106. The third kappa shape index (κ3) is 4.85. The number of azide groups is 1. The average Bonchev–Trinajstić information content (AvgIpc) is 2.33. The highest BCUT2D eigenvalue weighted by atomic mass is 19.1. The number of rotatable bonds is 6. The molecule has 0 spiro atoms. The van der Waals surface area contributed by atoms with Crippen molar-refractivity contribution in [2.45, 2.75) is 19.9 Å². The van der Waals surface area contributed by atoms with Crippen molar-refractivity contribution in [1.82, 2.24) is 0 Å². The second-order valence-electron chi connectivity index (χ2n) is 3.88. The average molecular weight is 266 g/mol. The van der Waals surface area contributed by atoms with Crippen molar-refractivity contribution in [3.63, 3.8) is 0 Å². The highest BCUT2D eigenvalue weighted by molar-refractivity contribution is 5.79. The Labute approximate surface area is 110 Å². The number of esters is 1. The van der Waals surface area contributed by atoms with E-state index in [1.807, 2.05) is 0 Å². The van der Waals surface area contributed by atoms with Gasteiger partial charge in [-0.05, 0) is 43.1 Å². The first-order valence-corrected chi connectivity index (χ1v) is 5.78. The van der Waals surface area contributed by atoms with Crippen molar-refractivity contribution in [3.05, 3.63) is 40.0 Å². The molecule has 0 fully saturated rings. The van der Waals surface area contributed by atoms with Crippen LogP contribution in [0.5, 0.6) is 0 Å². The van der Waals surface area contributed by atoms with Crippen molar-refractivity contribution < 1.29 is 13.9 Å². The summed E-state index contributed by atoms with van der Waals surface area (Å²) in [7, 11) is 0. The first kappa shape index (κ1) is 14.8. The van der Waals surface area contributed by atoms with E-state index in [1.165, 1.54) is 12.1 Å². The van der Waals surface area contributed by atoms with E-state index in [-0.39, 0.29) is 13.2 Å². The zero-order valence-corrected chi connectivity index (χ0v) is 10.8. The van der Waals surface area contributed by atoms with Gasteiger partial charge < -0.3 is 10.1 Å². The van der Waals surface area contributed by atoms with Gasteiger partial charge in [-0.15, -0.1) is 0 Å². The summed E-state index contributed by atoms with van der Waals surface area (Å²) < 4.78 is 18.1. The largest absolute Gasteiger partial charge is 0.464 e. The van der Waals surface area contributed by atoms with E-state index in [1.54, 1.807) is 19.9 Å². The Morgan fingerprint density at radius 3 is 2.89 bits per heavy atom. The Morgan fingerprint density at radius 1 is 1.58 bits per heavy atom. The fraction of sp³-hybridized carbons (Fsp3) is 0.417. The Balaban J connectivity index is 2.86. The van der Waals surface area contributed by atoms with Crippen LogP contribution in [0, 0.1) is 12.7 Å². The molecule has 0 aliphatic rings. The van der Waals surface area contributed by atoms with Gasteiger partial charge in [-0.2, -0.15) is 0 Å². The molecular formula is C12H15FN4O2. The van der Waals surface area contributed by atoms with Gasteiger partial charge in [-0.1, -0.05) is 5.11 Å². The van der Waals surface area contributed by atoms with E-state index < -0.39 is 17.8 Å². The number of hydrogen-bond donors (Lipinski definition) is 1. The molecule has 6 nitrogen and oxygen atoms in total. The van der Waals surface area contributed by atoms with Crippen LogP contribution in [0.1, 0.15) is 12.5 Å². The lowest BCUT2D eigenvalue weighted by Crippen LogP contribution is -2.34.